The van der Waals surface area contributed by atoms with Gasteiger partial charge in [-0.05, 0) is 29.8 Å². The maximum Gasteiger partial charge on any atom is 0.149 e. The molecule has 1 aromatic heterocycles. The third-order valence-electron chi connectivity index (χ3n) is 2.10. The molecular formula is C12H10Cl2N2. The van der Waals surface area contributed by atoms with Crippen molar-refractivity contribution in [3.05, 3.63) is 53.2 Å². The molecule has 16 heavy (non-hydrogen) atoms. The molecule has 0 atom stereocenters. The Hall–Kier alpha value is -1.25. The molecule has 0 spiro atoms. The van der Waals surface area contributed by atoms with Gasteiger partial charge in [0.2, 0.25) is 0 Å². The predicted octanol–water partition coefficient (Wildman–Crippen LogP) is 4.22. The minimum atomic E-state index is 0.492. The zero-order chi connectivity index (χ0) is 11.4. The molecule has 0 aliphatic heterocycles. The van der Waals surface area contributed by atoms with Crippen LogP contribution in [0.25, 0.3) is 0 Å². The topological polar surface area (TPSA) is 24.9 Å². The molecule has 0 amide bonds. The van der Waals surface area contributed by atoms with Gasteiger partial charge in [0.05, 0.1) is 5.02 Å². The van der Waals surface area contributed by atoms with Crippen molar-refractivity contribution in [2.45, 2.75) is 5.88 Å². The van der Waals surface area contributed by atoms with E-state index in [1.165, 1.54) is 0 Å². The number of pyridine rings is 1. The monoisotopic (exact) mass is 252 g/mol. The number of hydrogen-bond acceptors (Lipinski definition) is 2. The summed E-state index contributed by atoms with van der Waals surface area (Å²) in [4.78, 5) is 4.15. The minimum Gasteiger partial charge on any atom is -0.339 e. The van der Waals surface area contributed by atoms with Crippen molar-refractivity contribution >= 4 is 34.7 Å². The molecule has 0 unspecified atom stereocenters. The fourth-order valence-corrected chi connectivity index (χ4v) is 1.68. The van der Waals surface area contributed by atoms with E-state index < -0.39 is 0 Å². The van der Waals surface area contributed by atoms with Crippen LogP contribution in [0, 0.1) is 0 Å². The molecule has 0 bridgehead atoms. The number of anilines is 2. The average molecular weight is 253 g/mol. The second-order valence-electron chi connectivity index (χ2n) is 3.29. The van der Waals surface area contributed by atoms with Gasteiger partial charge in [0.15, 0.2) is 0 Å². The number of nitrogens with zero attached hydrogens (tertiary/aromatic N) is 1. The number of nitrogens with one attached hydrogen (secondary N) is 1. The summed E-state index contributed by atoms with van der Waals surface area (Å²) in [6.07, 6.45) is 1.69. The number of hydrogen-bond donors (Lipinski definition) is 1. The maximum absolute atomic E-state index is 6.00. The van der Waals surface area contributed by atoms with Crippen molar-refractivity contribution < 1.29 is 0 Å². The molecule has 0 saturated carbocycles. The molecule has 1 aromatic carbocycles. The lowest BCUT2D eigenvalue weighted by molar-refractivity contribution is 1.30. The van der Waals surface area contributed by atoms with E-state index in [1.54, 1.807) is 18.3 Å². The van der Waals surface area contributed by atoms with Crippen LogP contribution in [0.4, 0.5) is 11.5 Å². The van der Waals surface area contributed by atoms with Crippen molar-refractivity contribution in [1.29, 1.82) is 0 Å². The van der Waals surface area contributed by atoms with E-state index in [0.29, 0.717) is 16.7 Å². The molecule has 2 aromatic rings. The smallest absolute Gasteiger partial charge is 0.149 e. The van der Waals surface area contributed by atoms with Crippen molar-refractivity contribution in [1.82, 2.24) is 4.98 Å². The maximum atomic E-state index is 6.00. The van der Waals surface area contributed by atoms with Gasteiger partial charge in [0.1, 0.15) is 5.82 Å². The predicted molar refractivity (Wildman–Crippen MR) is 68.5 cm³/mol. The normalized spacial score (nSPS) is 10.1. The fourth-order valence-electron chi connectivity index (χ4n) is 1.35. The first-order valence-electron chi connectivity index (χ1n) is 4.82. The van der Waals surface area contributed by atoms with Crippen LogP contribution in [-0.4, -0.2) is 4.98 Å². The molecule has 0 aliphatic carbocycles. The number of halogens is 2. The van der Waals surface area contributed by atoms with Crippen LogP contribution >= 0.6 is 23.2 Å². The number of aromatic nitrogens is 1. The molecule has 0 saturated heterocycles. The van der Waals surface area contributed by atoms with Gasteiger partial charge < -0.3 is 5.32 Å². The van der Waals surface area contributed by atoms with Gasteiger partial charge in [0, 0.05) is 17.8 Å². The third-order valence-corrected chi connectivity index (χ3v) is 2.72. The highest BCUT2D eigenvalue weighted by Gasteiger charge is 2.01. The van der Waals surface area contributed by atoms with Crippen LogP contribution in [0.5, 0.6) is 0 Å². The highest BCUT2D eigenvalue weighted by Crippen LogP contribution is 2.23. The van der Waals surface area contributed by atoms with Crippen molar-refractivity contribution in [3.63, 3.8) is 0 Å². The molecule has 0 radical (unpaired) electrons. The van der Waals surface area contributed by atoms with Crippen LogP contribution < -0.4 is 5.32 Å². The zero-order valence-electron chi connectivity index (χ0n) is 8.45. The standard InChI is InChI=1S/C12H10Cl2N2/c13-8-9-3-1-4-10(7-9)16-12-11(14)5-2-6-15-12/h1-7H,8H2,(H,15,16). The summed E-state index contributed by atoms with van der Waals surface area (Å²) in [5.74, 6) is 1.14. The molecule has 0 aliphatic rings. The van der Waals surface area contributed by atoms with E-state index in [0.717, 1.165) is 11.3 Å². The van der Waals surface area contributed by atoms with E-state index in [2.05, 4.69) is 10.3 Å². The molecule has 82 valence electrons. The fraction of sp³-hybridized carbons (Fsp3) is 0.0833. The highest BCUT2D eigenvalue weighted by atomic mass is 35.5. The largest absolute Gasteiger partial charge is 0.339 e. The van der Waals surface area contributed by atoms with Gasteiger partial charge in [-0.15, -0.1) is 11.6 Å². The minimum absolute atomic E-state index is 0.492. The zero-order valence-corrected chi connectivity index (χ0v) is 9.96. The SMILES string of the molecule is ClCc1cccc(Nc2ncccc2Cl)c1. The quantitative estimate of drug-likeness (QED) is 0.828. The Morgan fingerprint density at radius 3 is 2.81 bits per heavy atom. The molecule has 4 heteroatoms. The molecule has 0 fully saturated rings. The average Bonchev–Trinajstić information content (AvgIpc) is 2.32. The first-order valence-corrected chi connectivity index (χ1v) is 5.73. The number of rotatable bonds is 3. The van der Waals surface area contributed by atoms with E-state index in [-0.39, 0.29) is 0 Å². The lowest BCUT2D eigenvalue weighted by Gasteiger charge is -2.07. The highest BCUT2D eigenvalue weighted by molar-refractivity contribution is 6.33. The Kier molecular flexibility index (Phi) is 3.65. The molecular weight excluding hydrogens is 243 g/mol. The third kappa shape index (κ3) is 2.65. The van der Waals surface area contributed by atoms with Crippen LogP contribution in [-0.2, 0) is 5.88 Å². The Morgan fingerprint density at radius 1 is 1.19 bits per heavy atom. The summed E-state index contributed by atoms with van der Waals surface area (Å²) < 4.78 is 0. The summed E-state index contributed by atoms with van der Waals surface area (Å²) in [5, 5.41) is 3.74. The van der Waals surface area contributed by atoms with Crippen molar-refractivity contribution in [3.8, 4) is 0 Å². The van der Waals surface area contributed by atoms with E-state index >= 15 is 0 Å². The van der Waals surface area contributed by atoms with Gasteiger partial charge in [-0.3, -0.25) is 0 Å². The van der Waals surface area contributed by atoms with Crippen molar-refractivity contribution in [2.24, 2.45) is 0 Å². The first kappa shape index (κ1) is 11.2. The van der Waals surface area contributed by atoms with Crippen molar-refractivity contribution in [2.75, 3.05) is 5.32 Å². The molecule has 1 N–H and O–H groups in total. The van der Waals surface area contributed by atoms with Gasteiger partial charge in [-0.1, -0.05) is 23.7 Å². The van der Waals surface area contributed by atoms with Crippen LogP contribution in [0.1, 0.15) is 5.56 Å². The molecule has 1 heterocycles. The number of alkyl halides is 1. The summed E-state index contributed by atoms with van der Waals surface area (Å²) >= 11 is 11.8. The van der Waals surface area contributed by atoms with E-state index in [4.69, 9.17) is 23.2 Å². The second kappa shape index (κ2) is 5.19. The first-order chi connectivity index (χ1) is 7.79. The van der Waals surface area contributed by atoms with Crippen LogP contribution in [0.15, 0.2) is 42.6 Å². The Morgan fingerprint density at radius 2 is 2.06 bits per heavy atom. The summed E-state index contributed by atoms with van der Waals surface area (Å²) in [7, 11) is 0. The van der Waals surface area contributed by atoms with Gasteiger partial charge in [-0.2, -0.15) is 0 Å². The molecule has 2 nitrogen and oxygen atoms in total. The molecule has 2 rings (SSSR count). The van der Waals surface area contributed by atoms with E-state index in [9.17, 15) is 0 Å². The van der Waals surface area contributed by atoms with Gasteiger partial charge >= 0.3 is 0 Å². The summed E-state index contributed by atoms with van der Waals surface area (Å²) in [6.45, 7) is 0. The van der Waals surface area contributed by atoms with Gasteiger partial charge in [-0.25, -0.2) is 4.98 Å². The Balaban J connectivity index is 2.24. The van der Waals surface area contributed by atoms with Crippen LogP contribution in [0.3, 0.4) is 0 Å². The Bertz CT molecular complexity index is 486. The Labute approximate surface area is 104 Å². The number of benzene rings is 1. The summed E-state index contributed by atoms with van der Waals surface area (Å²) in [5.41, 5.74) is 1.98. The van der Waals surface area contributed by atoms with Crippen LogP contribution in [0.2, 0.25) is 5.02 Å². The lowest BCUT2D eigenvalue weighted by atomic mass is 10.2. The lowest BCUT2D eigenvalue weighted by Crippen LogP contribution is -1.94. The second-order valence-corrected chi connectivity index (χ2v) is 3.97. The van der Waals surface area contributed by atoms with E-state index in [1.807, 2.05) is 24.3 Å². The summed E-state index contributed by atoms with van der Waals surface area (Å²) in [6, 6.07) is 11.4. The van der Waals surface area contributed by atoms with Gasteiger partial charge in [0.25, 0.3) is 0 Å².